The van der Waals surface area contributed by atoms with Gasteiger partial charge >= 0.3 is 0 Å². The molecule has 0 bridgehead atoms. The van der Waals surface area contributed by atoms with Gasteiger partial charge in [-0.1, -0.05) is 32.0 Å². The second-order valence-corrected chi connectivity index (χ2v) is 4.06. The van der Waals surface area contributed by atoms with Gasteiger partial charge in [0.2, 0.25) is 0 Å². The summed E-state index contributed by atoms with van der Waals surface area (Å²) in [5.74, 6) is 0. The van der Waals surface area contributed by atoms with Crippen molar-refractivity contribution >= 4 is 10.9 Å². The third kappa shape index (κ3) is 2.89. The molecule has 2 heteroatoms. The SMILES string of the molecule is [2H]C([2H])(c1c[nH]c2ccccc12)C([2H])([2H])N(CC)CCC. The van der Waals surface area contributed by atoms with Crippen LogP contribution in [0.5, 0.6) is 0 Å². The van der Waals surface area contributed by atoms with Crippen molar-refractivity contribution < 1.29 is 5.48 Å². The quantitative estimate of drug-likeness (QED) is 0.811. The second kappa shape index (κ2) is 5.87. The fourth-order valence-corrected chi connectivity index (χ4v) is 1.88. The van der Waals surface area contributed by atoms with Gasteiger partial charge in [-0.3, -0.25) is 0 Å². The molecular weight excluding hydrogens is 208 g/mol. The molecule has 0 amide bonds. The second-order valence-electron chi connectivity index (χ2n) is 4.06. The number of rotatable bonds is 6. The molecule has 0 saturated carbocycles. The Hall–Kier alpha value is -1.28. The normalized spacial score (nSPS) is 16.6. The Morgan fingerprint density at radius 1 is 1.29 bits per heavy atom. The third-order valence-electron chi connectivity index (χ3n) is 2.81. The molecule has 0 fully saturated rings. The zero-order valence-corrected chi connectivity index (χ0v) is 10.5. The number of para-hydroxylation sites is 1. The van der Waals surface area contributed by atoms with Gasteiger partial charge in [-0.05, 0) is 37.5 Å². The molecule has 1 aromatic heterocycles. The average Bonchev–Trinajstić information content (AvgIpc) is 2.88. The molecule has 0 aliphatic heterocycles. The van der Waals surface area contributed by atoms with Gasteiger partial charge in [-0.15, -0.1) is 0 Å². The van der Waals surface area contributed by atoms with E-state index >= 15 is 0 Å². The monoisotopic (exact) mass is 234 g/mol. The smallest absolute Gasteiger partial charge is 0.0456 e. The lowest BCUT2D eigenvalue weighted by Crippen LogP contribution is -2.26. The van der Waals surface area contributed by atoms with E-state index in [1.54, 1.807) is 11.1 Å². The van der Waals surface area contributed by atoms with Gasteiger partial charge in [0.05, 0.1) is 0 Å². The molecule has 0 aliphatic rings. The van der Waals surface area contributed by atoms with Gasteiger partial charge < -0.3 is 9.88 Å². The lowest BCUT2D eigenvalue weighted by molar-refractivity contribution is 0.293. The Morgan fingerprint density at radius 3 is 2.88 bits per heavy atom. The summed E-state index contributed by atoms with van der Waals surface area (Å²) in [5, 5.41) is 0.735. The molecule has 0 unspecified atom stereocenters. The van der Waals surface area contributed by atoms with Crippen LogP contribution >= 0.6 is 0 Å². The summed E-state index contributed by atoms with van der Waals surface area (Å²) in [6.07, 6.45) is 0.275. The maximum atomic E-state index is 8.41. The first-order valence-electron chi connectivity index (χ1n) is 8.17. The molecule has 0 radical (unpaired) electrons. The molecule has 92 valence electrons. The van der Waals surface area contributed by atoms with E-state index in [2.05, 4.69) is 4.98 Å². The molecule has 17 heavy (non-hydrogen) atoms. The zero-order valence-electron chi connectivity index (χ0n) is 14.5. The summed E-state index contributed by atoms with van der Waals surface area (Å²) in [4.78, 5) is 4.59. The molecule has 1 heterocycles. The van der Waals surface area contributed by atoms with E-state index < -0.39 is 12.9 Å². The average molecular weight is 234 g/mol. The Kier molecular flexibility index (Phi) is 2.74. The number of aromatic nitrogens is 1. The Labute approximate surface area is 109 Å². The minimum Gasteiger partial charge on any atom is -0.361 e. The fourth-order valence-electron chi connectivity index (χ4n) is 1.88. The minimum atomic E-state index is -2.10. The maximum Gasteiger partial charge on any atom is 0.0456 e. The summed E-state index contributed by atoms with van der Waals surface area (Å²) < 4.78 is 33.5. The molecular formula is C15H22N2. The van der Waals surface area contributed by atoms with Crippen molar-refractivity contribution in [1.29, 1.82) is 0 Å². The molecule has 0 saturated heterocycles. The first-order valence-corrected chi connectivity index (χ1v) is 6.17. The van der Waals surface area contributed by atoms with Crippen molar-refractivity contribution in [2.45, 2.75) is 26.6 Å². The van der Waals surface area contributed by atoms with Crippen LogP contribution in [0.2, 0.25) is 0 Å². The predicted octanol–water partition coefficient (Wildman–Crippen LogP) is 3.44. The molecule has 1 N–H and O–H groups in total. The Morgan fingerprint density at radius 2 is 2.12 bits per heavy atom. The molecule has 1 aromatic carbocycles. The highest BCUT2D eigenvalue weighted by Crippen LogP contribution is 2.18. The number of benzene rings is 1. The summed E-state index contributed by atoms with van der Waals surface area (Å²) in [7, 11) is 0. The zero-order chi connectivity index (χ0) is 15.7. The molecule has 2 aromatic rings. The number of aryl methyl sites for hydroxylation is 1. The van der Waals surface area contributed by atoms with Gasteiger partial charge in [0, 0.05) is 29.1 Å². The van der Waals surface area contributed by atoms with Gasteiger partial charge in [-0.2, -0.15) is 0 Å². The topological polar surface area (TPSA) is 19.0 Å². The van der Waals surface area contributed by atoms with Crippen molar-refractivity contribution in [3.63, 3.8) is 0 Å². The number of hydrogen-bond acceptors (Lipinski definition) is 1. The van der Waals surface area contributed by atoms with E-state index in [0.717, 1.165) is 17.3 Å². The number of nitrogens with zero attached hydrogens (tertiary/aromatic N) is 1. The summed E-state index contributed by atoms with van der Waals surface area (Å²) in [5.41, 5.74) is 1.20. The van der Waals surface area contributed by atoms with Crippen LogP contribution in [0.4, 0.5) is 0 Å². The van der Waals surface area contributed by atoms with Crippen LogP contribution in [-0.2, 0) is 6.37 Å². The Balaban J connectivity index is 2.49. The highest BCUT2D eigenvalue weighted by atomic mass is 15.1. The molecule has 0 aliphatic carbocycles. The van der Waals surface area contributed by atoms with Crippen LogP contribution < -0.4 is 0 Å². The lowest BCUT2D eigenvalue weighted by Gasteiger charge is -2.18. The third-order valence-corrected chi connectivity index (χ3v) is 2.81. The maximum absolute atomic E-state index is 8.41. The number of H-pyrrole nitrogens is 1. The van der Waals surface area contributed by atoms with Crippen LogP contribution in [0.15, 0.2) is 30.5 Å². The highest BCUT2D eigenvalue weighted by molar-refractivity contribution is 5.83. The first kappa shape index (κ1) is 7.93. The van der Waals surface area contributed by atoms with Crippen LogP contribution in [0, 0.1) is 0 Å². The first-order chi connectivity index (χ1) is 9.86. The van der Waals surface area contributed by atoms with Crippen LogP contribution in [0.25, 0.3) is 10.9 Å². The summed E-state index contributed by atoms with van der Waals surface area (Å²) in [6.45, 7) is 2.77. The van der Waals surface area contributed by atoms with E-state index in [1.807, 2.05) is 38.1 Å². The largest absolute Gasteiger partial charge is 0.361 e. The highest BCUT2D eigenvalue weighted by Gasteiger charge is 2.05. The lowest BCUT2D eigenvalue weighted by atomic mass is 10.1. The van der Waals surface area contributed by atoms with Crippen molar-refractivity contribution in [2.24, 2.45) is 0 Å². The molecule has 2 rings (SSSR count). The summed E-state index contributed by atoms with van der Waals surface area (Å²) in [6, 6.07) is 7.41. The molecule has 0 spiro atoms. The Bertz CT molecular complexity index is 606. The van der Waals surface area contributed by atoms with E-state index in [4.69, 9.17) is 5.48 Å². The van der Waals surface area contributed by atoms with Crippen molar-refractivity contribution in [3.8, 4) is 0 Å². The standard InChI is InChI=1S/C15H22N2/c1-3-10-17(4-2)11-9-13-12-16-15-8-6-5-7-14(13)15/h5-8,12,16H,3-4,9-11H2,1-2H3/i9D2,11D2. The van der Waals surface area contributed by atoms with Gasteiger partial charge in [-0.25, -0.2) is 0 Å². The van der Waals surface area contributed by atoms with Crippen LogP contribution in [0.1, 0.15) is 31.3 Å². The predicted molar refractivity (Wildman–Crippen MR) is 74.4 cm³/mol. The van der Waals surface area contributed by atoms with Crippen molar-refractivity contribution in [1.82, 2.24) is 9.88 Å². The van der Waals surface area contributed by atoms with Crippen LogP contribution in [0.3, 0.4) is 0 Å². The van der Waals surface area contributed by atoms with Gasteiger partial charge in [0.1, 0.15) is 0 Å². The van der Waals surface area contributed by atoms with Crippen molar-refractivity contribution in [2.75, 3.05) is 19.6 Å². The number of fused-ring (bicyclic) bond motifs is 1. The van der Waals surface area contributed by atoms with E-state index in [0.29, 0.717) is 18.7 Å². The molecule has 0 atom stereocenters. The number of nitrogens with one attached hydrogen (secondary N) is 1. The summed E-state index contributed by atoms with van der Waals surface area (Å²) >= 11 is 0. The van der Waals surface area contributed by atoms with Gasteiger partial charge in [0.25, 0.3) is 0 Å². The van der Waals surface area contributed by atoms with E-state index in [-0.39, 0.29) is 0 Å². The minimum absolute atomic E-state index is 0.373. The molecule has 2 nitrogen and oxygen atoms in total. The van der Waals surface area contributed by atoms with E-state index in [1.165, 1.54) is 0 Å². The fraction of sp³-hybridized carbons (Fsp3) is 0.467. The van der Waals surface area contributed by atoms with Crippen molar-refractivity contribution in [3.05, 3.63) is 36.0 Å². The number of aromatic amines is 1. The van der Waals surface area contributed by atoms with Gasteiger partial charge in [0.15, 0.2) is 0 Å². The number of hydrogen-bond donors (Lipinski definition) is 1. The van der Waals surface area contributed by atoms with E-state index in [9.17, 15) is 0 Å². The number of likely N-dealkylation sites (N-methyl/N-ethyl adjacent to an activating group) is 1. The van der Waals surface area contributed by atoms with Crippen LogP contribution in [-0.4, -0.2) is 29.5 Å².